The summed E-state index contributed by atoms with van der Waals surface area (Å²) in [6, 6.07) is 2.09. The van der Waals surface area contributed by atoms with Gasteiger partial charge in [-0.15, -0.1) is 11.8 Å². The molecule has 0 bridgehead atoms. The molecule has 0 aliphatic carbocycles. The maximum absolute atomic E-state index is 3.72. The Balaban J connectivity index is 2.68. The molecule has 3 nitrogen and oxygen atoms in total. The second-order valence-electron chi connectivity index (χ2n) is 2.44. The van der Waals surface area contributed by atoms with Crippen LogP contribution in [0.25, 0.3) is 0 Å². The summed E-state index contributed by atoms with van der Waals surface area (Å²) >= 11 is 1.73. The third-order valence-corrected chi connectivity index (χ3v) is 2.39. The summed E-state index contributed by atoms with van der Waals surface area (Å²) in [6.07, 6.45) is 4.10. The van der Waals surface area contributed by atoms with Gasteiger partial charge in [0.15, 0.2) is 0 Å². The number of hydrogen-bond acceptors (Lipinski definition) is 3. The van der Waals surface area contributed by atoms with E-state index in [4.69, 9.17) is 0 Å². The van der Waals surface area contributed by atoms with Gasteiger partial charge in [-0.2, -0.15) is 0 Å². The lowest BCUT2D eigenvalue weighted by Crippen LogP contribution is -1.95. The first-order valence-corrected chi connectivity index (χ1v) is 4.87. The van der Waals surface area contributed by atoms with Crippen LogP contribution in [0, 0.1) is 0 Å². The SMILES string of the molecule is C=NCNc1cc(SC)n(C)c1. The summed E-state index contributed by atoms with van der Waals surface area (Å²) in [5.41, 5.74) is 1.09. The molecule has 4 heteroatoms. The minimum atomic E-state index is 0.567. The van der Waals surface area contributed by atoms with Crippen molar-refractivity contribution in [3.63, 3.8) is 0 Å². The van der Waals surface area contributed by atoms with Crippen molar-refractivity contribution in [3.05, 3.63) is 12.3 Å². The van der Waals surface area contributed by atoms with E-state index in [0.29, 0.717) is 6.67 Å². The van der Waals surface area contributed by atoms with Crippen molar-refractivity contribution >= 4 is 24.2 Å². The second kappa shape index (κ2) is 4.21. The Morgan fingerprint density at radius 1 is 1.75 bits per heavy atom. The van der Waals surface area contributed by atoms with Crippen molar-refractivity contribution in [1.82, 2.24) is 4.57 Å². The van der Waals surface area contributed by atoms with Gasteiger partial charge in [0.05, 0.1) is 10.7 Å². The first kappa shape index (κ1) is 9.19. The van der Waals surface area contributed by atoms with Gasteiger partial charge < -0.3 is 9.88 Å². The largest absolute Gasteiger partial charge is 0.365 e. The number of nitrogens with zero attached hydrogens (tertiary/aromatic N) is 2. The molecule has 0 atom stereocenters. The Morgan fingerprint density at radius 3 is 3.00 bits per heavy atom. The van der Waals surface area contributed by atoms with Crippen molar-refractivity contribution in [3.8, 4) is 0 Å². The molecule has 0 spiro atoms. The monoisotopic (exact) mass is 183 g/mol. The molecule has 0 radical (unpaired) electrons. The molecular weight excluding hydrogens is 170 g/mol. The van der Waals surface area contributed by atoms with E-state index in [1.165, 1.54) is 5.03 Å². The number of anilines is 1. The van der Waals surface area contributed by atoms with E-state index in [2.05, 4.69) is 33.9 Å². The van der Waals surface area contributed by atoms with Crippen LogP contribution in [0.15, 0.2) is 22.3 Å². The number of rotatable bonds is 4. The molecule has 0 aliphatic rings. The normalized spacial score (nSPS) is 9.83. The predicted octanol–water partition coefficient (Wildman–Crippen LogP) is 1.82. The molecule has 1 N–H and O–H groups in total. The zero-order valence-corrected chi connectivity index (χ0v) is 8.19. The average molecular weight is 183 g/mol. The lowest BCUT2D eigenvalue weighted by molar-refractivity contribution is 0.830. The Kier molecular flexibility index (Phi) is 3.22. The zero-order valence-electron chi connectivity index (χ0n) is 7.37. The number of nitrogens with one attached hydrogen (secondary N) is 1. The highest BCUT2D eigenvalue weighted by Crippen LogP contribution is 2.20. The van der Waals surface area contributed by atoms with Gasteiger partial charge in [-0.05, 0) is 19.0 Å². The number of thioether (sulfide) groups is 1. The van der Waals surface area contributed by atoms with Crippen LogP contribution < -0.4 is 5.32 Å². The Hall–Kier alpha value is -0.900. The minimum absolute atomic E-state index is 0.567. The first-order valence-electron chi connectivity index (χ1n) is 3.64. The average Bonchev–Trinajstić information content (AvgIpc) is 2.43. The molecule has 66 valence electrons. The summed E-state index contributed by atoms with van der Waals surface area (Å²) in [5, 5.41) is 4.36. The summed E-state index contributed by atoms with van der Waals surface area (Å²) in [5.74, 6) is 0. The van der Waals surface area contributed by atoms with Crippen molar-refractivity contribution < 1.29 is 0 Å². The smallest absolute Gasteiger partial charge is 0.107 e. The minimum Gasteiger partial charge on any atom is -0.365 e. The highest BCUT2D eigenvalue weighted by molar-refractivity contribution is 7.98. The van der Waals surface area contributed by atoms with Crippen LogP contribution in [0.4, 0.5) is 5.69 Å². The topological polar surface area (TPSA) is 29.3 Å². The van der Waals surface area contributed by atoms with E-state index in [-0.39, 0.29) is 0 Å². The fraction of sp³-hybridized carbons (Fsp3) is 0.375. The molecule has 1 rings (SSSR count). The molecule has 1 aromatic heterocycles. The van der Waals surface area contributed by atoms with Gasteiger partial charge in [0.25, 0.3) is 0 Å². The van der Waals surface area contributed by atoms with E-state index in [0.717, 1.165) is 5.69 Å². The van der Waals surface area contributed by atoms with Crippen molar-refractivity contribution in [2.45, 2.75) is 5.03 Å². The number of hydrogen-bond donors (Lipinski definition) is 1. The van der Waals surface area contributed by atoms with Crippen LogP contribution >= 0.6 is 11.8 Å². The lowest BCUT2D eigenvalue weighted by Gasteiger charge is -1.95. The highest BCUT2D eigenvalue weighted by atomic mass is 32.2. The van der Waals surface area contributed by atoms with Crippen molar-refractivity contribution in [2.75, 3.05) is 18.2 Å². The Bertz CT molecular complexity index is 267. The summed E-state index contributed by atoms with van der Waals surface area (Å²) in [6.45, 7) is 3.97. The molecule has 0 saturated heterocycles. The van der Waals surface area contributed by atoms with Gasteiger partial charge in [-0.1, -0.05) is 0 Å². The fourth-order valence-electron chi connectivity index (χ4n) is 0.991. The first-order chi connectivity index (χ1) is 5.77. The Labute approximate surface area is 76.9 Å². The van der Waals surface area contributed by atoms with E-state index in [1.54, 1.807) is 11.8 Å². The quantitative estimate of drug-likeness (QED) is 0.570. The molecule has 0 saturated carbocycles. The third kappa shape index (κ3) is 2.04. The number of aryl methyl sites for hydroxylation is 1. The van der Waals surface area contributed by atoms with Crippen molar-refractivity contribution in [2.24, 2.45) is 12.0 Å². The van der Waals surface area contributed by atoms with Crippen LogP contribution in [0.1, 0.15) is 0 Å². The lowest BCUT2D eigenvalue weighted by atomic mass is 10.5. The van der Waals surface area contributed by atoms with Crippen LogP contribution in [-0.2, 0) is 7.05 Å². The molecular formula is C8H13N3S. The molecule has 0 aromatic carbocycles. The maximum Gasteiger partial charge on any atom is 0.107 e. The molecule has 0 fully saturated rings. The maximum atomic E-state index is 3.72. The van der Waals surface area contributed by atoms with Crippen molar-refractivity contribution in [1.29, 1.82) is 0 Å². The van der Waals surface area contributed by atoms with Gasteiger partial charge >= 0.3 is 0 Å². The molecule has 12 heavy (non-hydrogen) atoms. The summed E-state index contributed by atoms with van der Waals surface area (Å²) in [7, 11) is 2.03. The van der Waals surface area contributed by atoms with Crippen LogP contribution in [0.5, 0.6) is 0 Å². The Morgan fingerprint density at radius 2 is 2.50 bits per heavy atom. The molecule has 0 unspecified atom stereocenters. The molecule has 0 aliphatic heterocycles. The number of aromatic nitrogens is 1. The standard InChI is InChI=1S/C8H13N3S/c1-9-6-10-7-4-8(12-3)11(2)5-7/h4-5,10H,1,6H2,2-3H3. The third-order valence-electron chi connectivity index (χ3n) is 1.56. The molecule has 0 amide bonds. The molecule has 1 heterocycles. The predicted molar refractivity (Wildman–Crippen MR) is 55.2 cm³/mol. The van der Waals surface area contributed by atoms with Gasteiger partial charge in [-0.25, -0.2) is 0 Å². The highest BCUT2D eigenvalue weighted by Gasteiger charge is 1.99. The van der Waals surface area contributed by atoms with E-state index in [1.807, 2.05) is 13.2 Å². The fourth-order valence-corrected chi connectivity index (χ4v) is 1.58. The van der Waals surface area contributed by atoms with Crippen LogP contribution in [-0.4, -0.2) is 24.2 Å². The molecule has 1 aromatic rings. The number of aliphatic imine (C=N–C) groups is 1. The van der Waals surface area contributed by atoms with Gasteiger partial charge in [0.1, 0.15) is 6.67 Å². The van der Waals surface area contributed by atoms with Gasteiger partial charge in [0, 0.05) is 13.2 Å². The van der Waals surface area contributed by atoms with Crippen LogP contribution in [0.2, 0.25) is 0 Å². The van der Waals surface area contributed by atoms with Gasteiger partial charge in [0.2, 0.25) is 0 Å². The summed E-state index contributed by atoms with van der Waals surface area (Å²) < 4.78 is 2.08. The van der Waals surface area contributed by atoms with E-state index in [9.17, 15) is 0 Å². The van der Waals surface area contributed by atoms with Crippen LogP contribution in [0.3, 0.4) is 0 Å². The second-order valence-corrected chi connectivity index (χ2v) is 3.27. The summed E-state index contributed by atoms with van der Waals surface area (Å²) in [4.78, 5) is 3.72. The van der Waals surface area contributed by atoms with Gasteiger partial charge in [-0.3, -0.25) is 4.99 Å². The van der Waals surface area contributed by atoms with E-state index >= 15 is 0 Å². The zero-order chi connectivity index (χ0) is 8.97. The van der Waals surface area contributed by atoms with E-state index < -0.39 is 0 Å².